The highest BCUT2D eigenvalue weighted by atomic mass is 35.5. The third-order valence-corrected chi connectivity index (χ3v) is 6.52. The van der Waals surface area contributed by atoms with E-state index in [1.54, 1.807) is 53.6 Å². The molecule has 3 aromatic rings. The zero-order valence-corrected chi connectivity index (χ0v) is 22.1. The van der Waals surface area contributed by atoms with Crippen LogP contribution in [0.3, 0.4) is 0 Å². The van der Waals surface area contributed by atoms with Gasteiger partial charge in [-0.15, -0.1) is 0 Å². The highest BCUT2D eigenvalue weighted by Gasteiger charge is 2.24. The van der Waals surface area contributed by atoms with Crippen LogP contribution in [-0.2, 0) is 4.79 Å². The summed E-state index contributed by atoms with van der Waals surface area (Å²) in [6.07, 6.45) is 7.73. The monoisotopic (exact) mass is 538 g/mol. The second-order valence-corrected chi connectivity index (χ2v) is 9.87. The zero-order chi connectivity index (χ0) is 27.1. The maximum absolute atomic E-state index is 13.4. The number of carbonyl (C=O) groups is 3. The van der Waals surface area contributed by atoms with Gasteiger partial charge in [0.15, 0.2) is 0 Å². The van der Waals surface area contributed by atoms with Crippen molar-refractivity contribution in [3.8, 4) is 11.6 Å². The Morgan fingerprint density at radius 3 is 2.74 bits per heavy atom. The molecule has 1 aromatic carbocycles. The summed E-state index contributed by atoms with van der Waals surface area (Å²) < 4.78 is 7.70. The summed E-state index contributed by atoms with van der Waals surface area (Å²) in [4.78, 5) is 49.1. The number of carbonyl (C=O) groups excluding carboxylic acids is 3. The first-order valence-electron chi connectivity index (χ1n) is 12.6. The smallest absolute Gasteiger partial charge is 0.255 e. The Kier molecular flexibility index (Phi) is 8.96. The van der Waals surface area contributed by atoms with Crippen LogP contribution in [0.15, 0.2) is 55.2 Å². The molecule has 4 rings (SSSR count). The molecule has 1 aliphatic heterocycles. The van der Waals surface area contributed by atoms with Crippen molar-refractivity contribution in [2.75, 3.05) is 26.2 Å². The van der Waals surface area contributed by atoms with Gasteiger partial charge in [0.05, 0.1) is 23.7 Å². The predicted octanol–water partition coefficient (Wildman–Crippen LogP) is 3.11. The molecule has 200 valence electrons. The lowest BCUT2D eigenvalue weighted by atomic mass is 10.1. The van der Waals surface area contributed by atoms with Gasteiger partial charge >= 0.3 is 0 Å². The van der Waals surface area contributed by atoms with Crippen molar-refractivity contribution in [1.29, 1.82) is 0 Å². The lowest BCUT2D eigenvalue weighted by Crippen LogP contribution is -2.48. The standard InChI is InChI=1S/C27H31ClN6O4/c1-18(2)22-16-38-23-7-6-20(28)13-21(23)26(36)30-9-3-4-11-33(15-25(35)32-22)27(37)19-5-8-24(31-14-19)34-12-10-29-17-34/h5-8,10,12-14,17-18,22H,3-4,9,11,15-16H2,1-2H3,(H,30,36)(H,32,35)/t22-/m1/s1. The first kappa shape index (κ1) is 27.1. The largest absolute Gasteiger partial charge is 0.491 e. The molecule has 0 saturated carbocycles. The number of hydrogen-bond acceptors (Lipinski definition) is 6. The molecule has 0 bridgehead atoms. The highest BCUT2D eigenvalue weighted by molar-refractivity contribution is 6.31. The quantitative estimate of drug-likeness (QED) is 0.529. The number of rotatable bonds is 3. The van der Waals surface area contributed by atoms with Gasteiger partial charge in [0, 0.05) is 36.7 Å². The molecule has 10 nitrogen and oxygen atoms in total. The topological polar surface area (TPSA) is 118 Å². The number of ether oxygens (including phenoxy) is 1. The number of pyridine rings is 1. The number of benzene rings is 1. The molecular weight excluding hydrogens is 508 g/mol. The van der Waals surface area contributed by atoms with Crippen molar-refractivity contribution in [1.82, 2.24) is 30.1 Å². The fourth-order valence-electron chi connectivity index (χ4n) is 4.03. The molecule has 0 radical (unpaired) electrons. The Labute approximate surface area is 226 Å². The Balaban J connectivity index is 1.52. The number of amides is 3. The van der Waals surface area contributed by atoms with Crippen LogP contribution < -0.4 is 15.4 Å². The number of aromatic nitrogens is 3. The van der Waals surface area contributed by atoms with E-state index in [4.69, 9.17) is 16.3 Å². The van der Waals surface area contributed by atoms with Crippen LogP contribution in [0, 0.1) is 5.92 Å². The second kappa shape index (κ2) is 12.6. The van der Waals surface area contributed by atoms with Gasteiger partial charge in [-0.3, -0.25) is 19.0 Å². The molecule has 1 atom stereocenters. The van der Waals surface area contributed by atoms with E-state index >= 15 is 0 Å². The van der Waals surface area contributed by atoms with Crippen LogP contribution in [0.2, 0.25) is 5.02 Å². The number of imidazole rings is 1. The van der Waals surface area contributed by atoms with E-state index in [0.29, 0.717) is 53.6 Å². The van der Waals surface area contributed by atoms with Gasteiger partial charge in [-0.25, -0.2) is 9.97 Å². The Morgan fingerprint density at radius 1 is 1.18 bits per heavy atom. The average Bonchev–Trinajstić information content (AvgIpc) is 3.44. The lowest BCUT2D eigenvalue weighted by Gasteiger charge is -2.26. The maximum Gasteiger partial charge on any atom is 0.255 e. The first-order chi connectivity index (χ1) is 18.3. The molecule has 0 saturated heterocycles. The fourth-order valence-corrected chi connectivity index (χ4v) is 4.20. The number of nitrogens with zero attached hydrogens (tertiary/aromatic N) is 4. The molecule has 38 heavy (non-hydrogen) atoms. The minimum atomic E-state index is -0.340. The van der Waals surface area contributed by atoms with Gasteiger partial charge in [0.2, 0.25) is 5.91 Å². The summed E-state index contributed by atoms with van der Waals surface area (Å²) in [6, 6.07) is 7.96. The van der Waals surface area contributed by atoms with Crippen LogP contribution in [-0.4, -0.2) is 69.4 Å². The summed E-state index contributed by atoms with van der Waals surface area (Å²) in [5.41, 5.74) is 0.716. The Bertz CT molecular complexity index is 1260. The minimum Gasteiger partial charge on any atom is -0.491 e. The van der Waals surface area contributed by atoms with Gasteiger partial charge in [-0.1, -0.05) is 25.4 Å². The molecule has 2 aromatic heterocycles. The van der Waals surface area contributed by atoms with Crippen LogP contribution >= 0.6 is 11.6 Å². The number of fused-ring (bicyclic) bond motifs is 1. The van der Waals surface area contributed by atoms with Crippen LogP contribution in [0.1, 0.15) is 47.4 Å². The van der Waals surface area contributed by atoms with Gasteiger partial charge in [0.25, 0.3) is 11.8 Å². The molecule has 0 unspecified atom stereocenters. The van der Waals surface area contributed by atoms with Gasteiger partial charge in [-0.05, 0) is 49.1 Å². The SMILES string of the molecule is CC(C)[C@H]1COc2ccc(Cl)cc2C(=O)NCCCCN(C(=O)c2ccc(-n3ccnc3)nc2)CC(=O)N1. The van der Waals surface area contributed by atoms with E-state index in [9.17, 15) is 14.4 Å². The van der Waals surface area contributed by atoms with Crippen molar-refractivity contribution in [2.45, 2.75) is 32.7 Å². The molecular formula is C27H31ClN6O4. The molecule has 3 heterocycles. The highest BCUT2D eigenvalue weighted by Crippen LogP contribution is 2.24. The molecule has 0 spiro atoms. The molecule has 11 heteroatoms. The van der Waals surface area contributed by atoms with Crippen molar-refractivity contribution in [2.24, 2.45) is 5.92 Å². The van der Waals surface area contributed by atoms with Crippen LogP contribution in [0.4, 0.5) is 0 Å². The number of halogens is 1. The van der Waals surface area contributed by atoms with E-state index in [-0.39, 0.29) is 42.8 Å². The summed E-state index contributed by atoms with van der Waals surface area (Å²) in [6.45, 7) is 4.72. The van der Waals surface area contributed by atoms with E-state index < -0.39 is 0 Å². The van der Waals surface area contributed by atoms with Crippen molar-refractivity contribution in [3.63, 3.8) is 0 Å². The summed E-state index contributed by atoms with van der Waals surface area (Å²) in [5.74, 6) is 0.196. The Morgan fingerprint density at radius 2 is 2.03 bits per heavy atom. The molecule has 3 amide bonds. The summed E-state index contributed by atoms with van der Waals surface area (Å²) in [5, 5.41) is 6.31. The van der Waals surface area contributed by atoms with Crippen molar-refractivity contribution in [3.05, 3.63) is 71.4 Å². The molecule has 0 aliphatic carbocycles. The zero-order valence-electron chi connectivity index (χ0n) is 21.4. The van der Waals surface area contributed by atoms with Gasteiger partial charge in [-0.2, -0.15) is 0 Å². The Hall–Kier alpha value is -3.92. The second-order valence-electron chi connectivity index (χ2n) is 9.43. The lowest BCUT2D eigenvalue weighted by molar-refractivity contribution is -0.123. The van der Waals surface area contributed by atoms with Crippen molar-refractivity contribution < 1.29 is 19.1 Å². The summed E-state index contributed by atoms with van der Waals surface area (Å²) in [7, 11) is 0. The van der Waals surface area contributed by atoms with Crippen LogP contribution in [0.5, 0.6) is 5.75 Å². The van der Waals surface area contributed by atoms with E-state index in [1.807, 2.05) is 13.8 Å². The minimum absolute atomic E-state index is 0.0447. The number of hydrogen-bond donors (Lipinski definition) is 2. The molecule has 2 N–H and O–H groups in total. The van der Waals surface area contributed by atoms with Gasteiger partial charge in [0.1, 0.15) is 24.5 Å². The van der Waals surface area contributed by atoms with Crippen molar-refractivity contribution >= 4 is 29.3 Å². The first-order valence-corrected chi connectivity index (χ1v) is 12.9. The van der Waals surface area contributed by atoms with E-state index in [1.165, 1.54) is 11.1 Å². The summed E-state index contributed by atoms with van der Waals surface area (Å²) >= 11 is 6.13. The fraction of sp³-hybridized carbons (Fsp3) is 0.370. The van der Waals surface area contributed by atoms with Gasteiger partial charge < -0.3 is 20.3 Å². The third-order valence-electron chi connectivity index (χ3n) is 6.28. The predicted molar refractivity (Wildman–Crippen MR) is 143 cm³/mol. The average molecular weight is 539 g/mol. The maximum atomic E-state index is 13.4. The van der Waals surface area contributed by atoms with Crippen LogP contribution in [0.25, 0.3) is 5.82 Å². The van der Waals surface area contributed by atoms with E-state index in [2.05, 4.69) is 20.6 Å². The molecule has 1 aliphatic rings. The van der Waals surface area contributed by atoms with E-state index in [0.717, 1.165) is 0 Å². The normalized spacial score (nSPS) is 17.5. The third kappa shape index (κ3) is 6.89. The number of nitrogens with one attached hydrogen (secondary N) is 2. The molecule has 0 fully saturated rings.